The van der Waals surface area contributed by atoms with E-state index in [-0.39, 0.29) is 12.1 Å². The molecular weight excluding hydrogens is 395 g/mol. The molecule has 0 bridgehead atoms. The molecular formula is C20H27FN4O3S. The molecule has 0 amide bonds. The summed E-state index contributed by atoms with van der Waals surface area (Å²) >= 11 is 0. The van der Waals surface area contributed by atoms with Gasteiger partial charge in [-0.05, 0) is 51.5 Å². The van der Waals surface area contributed by atoms with Crippen molar-refractivity contribution >= 4 is 15.7 Å². The first-order valence-corrected chi connectivity index (χ1v) is 11.0. The van der Waals surface area contributed by atoms with Crippen molar-refractivity contribution in [3.63, 3.8) is 0 Å². The first-order valence-electron chi connectivity index (χ1n) is 9.42. The van der Waals surface area contributed by atoms with Crippen LogP contribution in [0, 0.1) is 5.82 Å². The number of halogens is 1. The zero-order valence-corrected chi connectivity index (χ0v) is 17.7. The van der Waals surface area contributed by atoms with Crippen molar-refractivity contribution in [1.29, 1.82) is 0 Å². The maximum Gasteiger partial charge on any atom is 0.277 e. The minimum absolute atomic E-state index is 0.211. The van der Waals surface area contributed by atoms with E-state index in [0.29, 0.717) is 36.4 Å². The number of aromatic nitrogens is 2. The highest BCUT2D eigenvalue weighted by molar-refractivity contribution is 7.90. The van der Waals surface area contributed by atoms with Crippen LogP contribution < -0.4 is 15.2 Å². The van der Waals surface area contributed by atoms with E-state index in [9.17, 15) is 17.6 Å². The molecule has 1 heterocycles. The molecule has 1 aromatic heterocycles. The Kier molecular flexibility index (Phi) is 7.69. The minimum atomic E-state index is -3.36. The Bertz CT molecular complexity index is 1000. The van der Waals surface area contributed by atoms with Crippen LogP contribution in [-0.4, -0.2) is 43.1 Å². The van der Waals surface area contributed by atoms with Crippen molar-refractivity contribution in [3.8, 4) is 5.69 Å². The lowest BCUT2D eigenvalue weighted by atomic mass is 10.1. The maximum atomic E-state index is 13.2. The molecule has 0 atom stereocenters. The van der Waals surface area contributed by atoms with Crippen LogP contribution in [0.25, 0.3) is 5.69 Å². The van der Waals surface area contributed by atoms with Crippen LogP contribution in [0.3, 0.4) is 0 Å². The smallest absolute Gasteiger partial charge is 0.277 e. The SMILES string of the molecule is C=CCc1c(N(CC)CCNS(=O)(=O)C(C)C)cnn(-c2ccc(F)cc2)c1=O. The van der Waals surface area contributed by atoms with E-state index in [0.717, 1.165) is 0 Å². The summed E-state index contributed by atoms with van der Waals surface area (Å²) in [5.74, 6) is -0.397. The zero-order chi connectivity index (χ0) is 21.6. The third kappa shape index (κ3) is 5.51. The van der Waals surface area contributed by atoms with Gasteiger partial charge in [-0.2, -0.15) is 9.78 Å². The molecule has 0 spiro atoms. The lowest BCUT2D eigenvalue weighted by Gasteiger charge is -2.25. The summed E-state index contributed by atoms with van der Waals surface area (Å²) in [6.45, 7) is 10.0. The topological polar surface area (TPSA) is 84.3 Å². The van der Waals surface area contributed by atoms with E-state index in [4.69, 9.17) is 0 Å². The molecule has 158 valence electrons. The highest BCUT2D eigenvalue weighted by Gasteiger charge is 2.18. The summed E-state index contributed by atoms with van der Waals surface area (Å²) in [7, 11) is -3.36. The predicted octanol–water partition coefficient (Wildman–Crippen LogP) is 2.25. The maximum absolute atomic E-state index is 13.2. The van der Waals surface area contributed by atoms with Crippen LogP contribution in [0.2, 0.25) is 0 Å². The summed E-state index contributed by atoms with van der Waals surface area (Å²) in [6, 6.07) is 5.51. The fourth-order valence-electron chi connectivity index (χ4n) is 2.79. The number of hydrogen-bond acceptors (Lipinski definition) is 5. The van der Waals surface area contributed by atoms with Gasteiger partial charge >= 0.3 is 0 Å². The Morgan fingerprint density at radius 3 is 2.52 bits per heavy atom. The van der Waals surface area contributed by atoms with Gasteiger partial charge in [0.1, 0.15) is 5.82 Å². The second kappa shape index (κ2) is 9.80. The average molecular weight is 423 g/mol. The molecule has 1 N–H and O–H groups in total. The Hall–Kier alpha value is -2.52. The number of allylic oxidation sites excluding steroid dienone is 1. The van der Waals surface area contributed by atoms with Gasteiger partial charge in [0.2, 0.25) is 10.0 Å². The summed E-state index contributed by atoms with van der Waals surface area (Å²) in [6.07, 6.45) is 3.53. The van der Waals surface area contributed by atoms with Crippen LogP contribution in [0.5, 0.6) is 0 Å². The summed E-state index contributed by atoms with van der Waals surface area (Å²) in [5.41, 5.74) is 1.25. The second-order valence-corrected chi connectivity index (χ2v) is 9.08. The summed E-state index contributed by atoms with van der Waals surface area (Å²) in [5, 5.41) is 3.72. The number of anilines is 1. The van der Waals surface area contributed by atoms with Gasteiger partial charge in [-0.1, -0.05) is 6.08 Å². The number of nitrogens with zero attached hydrogens (tertiary/aromatic N) is 3. The third-order valence-electron chi connectivity index (χ3n) is 4.50. The van der Waals surface area contributed by atoms with Crippen molar-refractivity contribution in [3.05, 3.63) is 64.9 Å². The van der Waals surface area contributed by atoms with Gasteiger partial charge in [0.15, 0.2) is 0 Å². The molecule has 0 fully saturated rings. The van der Waals surface area contributed by atoms with Crippen LogP contribution in [-0.2, 0) is 16.4 Å². The van der Waals surface area contributed by atoms with E-state index in [1.165, 1.54) is 28.9 Å². The molecule has 9 heteroatoms. The van der Waals surface area contributed by atoms with Gasteiger partial charge in [0.05, 0.1) is 22.8 Å². The van der Waals surface area contributed by atoms with Gasteiger partial charge in [-0.25, -0.2) is 17.5 Å². The van der Waals surface area contributed by atoms with Crippen LogP contribution in [0.4, 0.5) is 10.1 Å². The van der Waals surface area contributed by atoms with Gasteiger partial charge in [0.25, 0.3) is 5.56 Å². The molecule has 2 rings (SSSR count). The highest BCUT2D eigenvalue weighted by Crippen LogP contribution is 2.18. The van der Waals surface area contributed by atoms with E-state index in [1.54, 1.807) is 26.1 Å². The fourth-order valence-corrected chi connectivity index (χ4v) is 3.50. The lowest BCUT2D eigenvalue weighted by Crippen LogP contribution is -2.39. The Balaban J connectivity index is 2.35. The average Bonchev–Trinajstić information content (AvgIpc) is 2.68. The monoisotopic (exact) mass is 422 g/mol. The van der Waals surface area contributed by atoms with Crippen molar-refractivity contribution in [2.45, 2.75) is 32.4 Å². The number of rotatable bonds is 10. The Labute approximate surface area is 170 Å². The Morgan fingerprint density at radius 1 is 1.31 bits per heavy atom. The van der Waals surface area contributed by atoms with Crippen LogP contribution >= 0.6 is 0 Å². The molecule has 2 aromatic rings. The van der Waals surface area contributed by atoms with Crippen LogP contribution in [0.1, 0.15) is 26.3 Å². The summed E-state index contributed by atoms with van der Waals surface area (Å²) < 4.78 is 40.9. The molecule has 0 aliphatic rings. The third-order valence-corrected chi connectivity index (χ3v) is 6.35. The minimum Gasteiger partial charge on any atom is -0.369 e. The first-order chi connectivity index (χ1) is 13.7. The van der Waals surface area contributed by atoms with Crippen molar-refractivity contribution < 1.29 is 12.8 Å². The van der Waals surface area contributed by atoms with Gasteiger partial charge < -0.3 is 4.90 Å². The first kappa shape index (κ1) is 22.8. The van der Waals surface area contributed by atoms with E-state index >= 15 is 0 Å². The molecule has 0 saturated heterocycles. The van der Waals surface area contributed by atoms with E-state index in [2.05, 4.69) is 16.4 Å². The molecule has 0 unspecified atom stereocenters. The number of benzene rings is 1. The molecule has 0 saturated carbocycles. The molecule has 0 radical (unpaired) electrons. The zero-order valence-electron chi connectivity index (χ0n) is 16.9. The number of likely N-dealkylation sites (N-methyl/N-ethyl adjacent to an activating group) is 1. The molecule has 0 aliphatic heterocycles. The lowest BCUT2D eigenvalue weighted by molar-refractivity contribution is 0.571. The van der Waals surface area contributed by atoms with Gasteiger partial charge in [-0.3, -0.25) is 4.79 Å². The fraction of sp³-hybridized carbons (Fsp3) is 0.400. The van der Waals surface area contributed by atoms with Crippen molar-refractivity contribution in [1.82, 2.24) is 14.5 Å². The van der Waals surface area contributed by atoms with Gasteiger partial charge in [-0.15, -0.1) is 6.58 Å². The molecule has 29 heavy (non-hydrogen) atoms. The highest BCUT2D eigenvalue weighted by atomic mass is 32.2. The second-order valence-electron chi connectivity index (χ2n) is 6.76. The van der Waals surface area contributed by atoms with Crippen molar-refractivity contribution in [2.24, 2.45) is 0 Å². The number of nitrogens with one attached hydrogen (secondary N) is 1. The number of sulfonamides is 1. The Morgan fingerprint density at radius 2 is 1.97 bits per heavy atom. The normalized spacial score (nSPS) is 11.6. The largest absolute Gasteiger partial charge is 0.369 e. The standard InChI is InChI=1S/C20H27FN4O3S/c1-5-7-18-19(24(6-2)13-12-23-29(27,28)15(3)4)14-22-25(20(18)26)17-10-8-16(21)9-11-17/h5,8-11,14-15,23H,1,6-7,12-13H2,2-4H3. The van der Waals surface area contributed by atoms with Crippen molar-refractivity contribution in [2.75, 3.05) is 24.5 Å². The predicted molar refractivity (Wildman–Crippen MR) is 114 cm³/mol. The van der Waals surface area contributed by atoms with Crippen LogP contribution in [0.15, 0.2) is 47.9 Å². The van der Waals surface area contributed by atoms with E-state index in [1.807, 2.05) is 11.8 Å². The quantitative estimate of drug-likeness (QED) is 0.594. The number of hydrogen-bond donors (Lipinski definition) is 1. The van der Waals surface area contributed by atoms with E-state index < -0.39 is 21.1 Å². The molecule has 7 nitrogen and oxygen atoms in total. The summed E-state index contributed by atoms with van der Waals surface area (Å²) in [4.78, 5) is 14.9. The molecule has 0 aliphatic carbocycles. The van der Waals surface area contributed by atoms with Gasteiger partial charge in [0, 0.05) is 25.2 Å². The molecule has 1 aromatic carbocycles.